The van der Waals surface area contributed by atoms with E-state index in [1.807, 2.05) is 11.8 Å². The predicted molar refractivity (Wildman–Crippen MR) is 121 cm³/mol. The minimum atomic E-state index is -4.97. The Hall–Kier alpha value is -2.37. The molecule has 0 saturated carbocycles. The highest BCUT2D eigenvalue weighted by molar-refractivity contribution is 7.13. The van der Waals surface area contributed by atoms with Gasteiger partial charge < -0.3 is 24.5 Å². The van der Waals surface area contributed by atoms with Crippen molar-refractivity contribution >= 4 is 28.5 Å². The maximum absolute atomic E-state index is 13.4. The van der Waals surface area contributed by atoms with Crippen LogP contribution in [0, 0.1) is 5.92 Å². The Morgan fingerprint density at radius 1 is 1.33 bits per heavy atom. The summed E-state index contributed by atoms with van der Waals surface area (Å²) in [6.45, 7) is 9.11. The normalized spacial score (nSPS) is 20.3. The predicted octanol–water partition coefficient (Wildman–Crippen LogP) is 4.90. The standard InChI is InChI=1S/C22H27F3N4O3S/c1-5-13-10-26-9-12(2)11-29(13)20-28-16-17(31-20)14(19-27-6-7-33-19)8-15(21(3,4)30)18(16)32-22(23,24)25/h6-8,12-13,26,30H,5,9-11H2,1-4H3. The molecule has 2 unspecified atom stereocenters. The van der Waals surface area contributed by atoms with E-state index in [2.05, 4.69) is 26.9 Å². The van der Waals surface area contributed by atoms with Crippen molar-refractivity contribution in [3.8, 4) is 16.3 Å². The number of rotatable bonds is 5. The van der Waals surface area contributed by atoms with Gasteiger partial charge in [0.2, 0.25) is 0 Å². The Morgan fingerprint density at radius 2 is 2.09 bits per heavy atom. The molecule has 11 heteroatoms. The van der Waals surface area contributed by atoms with Crippen LogP contribution in [0.3, 0.4) is 0 Å². The number of thiazole rings is 1. The fourth-order valence-electron chi connectivity index (χ4n) is 4.11. The molecule has 0 aliphatic carbocycles. The summed E-state index contributed by atoms with van der Waals surface area (Å²) >= 11 is 1.32. The number of anilines is 1. The highest BCUT2D eigenvalue weighted by Gasteiger charge is 2.38. The van der Waals surface area contributed by atoms with Gasteiger partial charge in [-0.1, -0.05) is 13.8 Å². The van der Waals surface area contributed by atoms with Crippen LogP contribution in [-0.4, -0.2) is 47.1 Å². The molecular formula is C22H27F3N4O3S. The van der Waals surface area contributed by atoms with Crippen molar-refractivity contribution in [1.29, 1.82) is 0 Å². The smallest absolute Gasteiger partial charge is 0.422 e. The SMILES string of the molecule is CCC1CNCC(C)CN1c1nc2c(OC(F)(F)F)c(C(C)(C)O)cc(-c3nccs3)c2o1. The number of hydrogen-bond acceptors (Lipinski definition) is 8. The van der Waals surface area contributed by atoms with Gasteiger partial charge in [0.25, 0.3) is 6.01 Å². The third kappa shape index (κ3) is 4.95. The van der Waals surface area contributed by atoms with E-state index in [0.717, 1.165) is 13.0 Å². The number of oxazole rings is 1. The first-order valence-electron chi connectivity index (χ1n) is 10.8. The molecule has 2 aromatic heterocycles. The van der Waals surface area contributed by atoms with Gasteiger partial charge in [0.1, 0.15) is 5.01 Å². The molecule has 0 radical (unpaired) electrons. The van der Waals surface area contributed by atoms with Crippen LogP contribution < -0.4 is 15.0 Å². The Balaban J connectivity index is 1.99. The van der Waals surface area contributed by atoms with Gasteiger partial charge in [-0.05, 0) is 38.8 Å². The van der Waals surface area contributed by atoms with Crippen molar-refractivity contribution in [3.63, 3.8) is 0 Å². The zero-order valence-electron chi connectivity index (χ0n) is 18.9. The second-order valence-corrected chi connectivity index (χ2v) is 9.79. The summed E-state index contributed by atoms with van der Waals surface area (Å²) in [4.78, 5) is 10.8. The molecule has 180 valence electrons. The molecule has 7 nitrogen and oxygen atoms in total. The van der Waals surface area contributed by atoms with Crippen molar-refractivity contribution in [1.82, 2.24) is 15.3 Å². The van der Waals surface area contributed by atoms with Gasteiger partial charge in [0.05, 0.1) is 11.2 Å². The molecule has 1 aliphatic heterocycles. The topological polar surface area (TPSA) is 83.7 Å². The summed E-state index contributed by atoms with van der Waals surface area (Å²) in [6.07, 6.45) is -2.57. The molecular weight excluding hydrogens is 457 g/mol. The number of hydrogen-bond donors (Lipinski definition) is 2. The summed E-state index contributed by atoms with van der Waals surface area (Å²) in [5, 5.41) is 16.4. The second-order valence-electron chi connectivity index (χ2n) is 8.90. The zero-order chi connectivity index (χ0) is 24.0. The lowest BCUT2D eigenvalue weighted by Gasteiger charge is -2.28. The Bertz CT molecular complexity index is 1110. The van der Waals surface area contributed by atoms with Crippen molar-refractivity contribution < 1.29 is 27.4 Å². The van der Waals surface area contributed by atoms with Crippen LogP contribution in [0.25, 0.3) is 21.7 Å². The third-order valence-corrected chi connectivity index (χ3v) is 6.49. The van der Waals surface area contributed by atoms with E-state index in [1.165, 1.54) is 31.3 Å². The molecule has 4 rings (SSSR count). The van der Waals surface area contributed by atoms with E-state index in [4.69, 9.17) is 4.42 Å². The first kappa shape index (κ1) is 23.8. The van der Waals surface area contributed by atoms with Crippen LogP contribution in [0.2, 0.25) is 0 Å². The van der Waals surface area contributed by atoms with Crippen LogP contribution in [0.4, 0.5) is 19.2 Å². The lowest BCUT2D eigenvalue weighted by molar-refractivity contribution is -0.274. The molecule has 0 bridgehead atoms. The maximum atomic E-state index is 13.4. The van der Waals surface area contributed by atoms with E-state index in [9.17, 15) is 18.3 Å². The fourth-order valence-corrected chi connectivity index (χ4v) is 4.77. The largest absolute Gasteiger partial charge is 0.573 e. The van der Waals surface area contributed by atoms with Crippen LogP contribution in [-0.2, 0) is 5.60 Å². The third-order valence-electron chi connectivity index (χ3n) is 5.69. The van der Waals surface area contributed by atoms with Gasteiger partial charge in [-0.3, -0.25) is 0 Å². The first-order valence-corrected chi connectivity index (χ1v) is 11.7. The highest BCUT2D eigenvalue weighted by Crippen LogP contribution is 2.45. The van der Waals surface area contributed by atoms with Crippen LogP contribution in [0.15, 0.2) is 22.1 Å². The highest BCUT2D eigenvalue weighted by atomic mass is 32.1. The summed E-state index contributed by atoms with van der Waals surface area (Å²) in [5.74, 6) is -0.276. The molecule has 1 fully saturated rings. The Labute approximate surface area is 193 Å². The summed E-state index contributed by atoms with van der Waals surface area (Å²) < 4.78 is 50.8. The van der Waals surface area contributed by atoms with Gasteiger partial charge in [-0.2, -0.15) is 4.98 Å². The molecule has 1 saturated heterocycles. The summed E-state index contributed by atoms with van der Waals surface area (Å²) in [5.41, 5.74) is -1.17. The van der Waals surface area contributed by atoms with E-state index in [-0.39, 0.29) is 34.6 Å². The zero-order valence-corrected chi connectivity index (χ0v) is 19.7. The number of benzene rings is 1. The van der Waals surface area contributed by atoms with Gasteiger partial charge in [-0.25, -0.2) is 4.98 Å². The molecule has 0 spiro atoms. The van der Waals surface area contributed by atoms with E-state index >= 15 is 0 Å². The lowest BCUT2D eigenvalue weighted by atomic mass is 9.94. The van der Waals surface area contributed by atoms with Gasteiger partial charge >= 0.3 is 6.36 Å². The van der Waals surface area contributed by atoms with Crippen molar-refractivity contribution in [3.05, 3.63) is 23.2 Å². The molecule has 3 heterocycles. The number of aliphatic hydroxyl groups is 1. The van der Waals surface area contributed by atoms with Gasteiger partial charge in [0.15, 0.2) is 16.8 Å². The molecule has 33 heavy (non-hydrogen) atoms. The number of halogens is 3. The summed E-state index contributed by atoms with van der Waals surface area (Å²) in [7, 11) is 0. The fraction of sp³-hybridized carbons (Fsp3) is 0.545. The lowest BCUT2D eigenvalue weighted by Crippen LogP contribution is -2.40. The van der Waals surface area contributed by atoms with Crippen LogP contribution in [0.1, 0.15) is 39.7 Å². The van der Waals surface area contributed by atoms with Crippen LogP contribution in [0.5, 0.6) is 5.75 Å². The maximum Gasteiger partial charge on any atom is 0.573 e. The van der Waals surface area contributed by atoms with E-state index in [1.54, 1.807) is 11.6 Å². The number of ether oxygens (including phenoxy) is 1. The first-order chi connectivity index (χ1) is 15.5. The number of aromatic nitrogens is 2. The number of fused-ring (bicyclic) bond motifs is 1. The number of nitrogens with zero attached hydrogens (tertiary/aromatic N) is 3. The number of alkyl halides is 3. The van der Waals surface area contributed by atoms with Gasteiger partial charge in [-0.15, -0.1) is 24.5 Å². The van der Waals surface area contributed by atoms with Crippen LogP contribution >= 0.6 is 11.3 Å². The monoisotopic (exact) mass is 484 g/mol. The molecule has 2 atom stereocenters. The Kier molecular flexibility index (Phi) is 6.32. The minimum Gasteiger partial charge on any atom is -0.422 e. The molecule has 1 aromatic carbocycles. The molecule has 3 aromatic rings. The average molecular weight is 485 g/mol. The minimum absolute atomic E-state index is 0.0460. The van der Waals surface area contributed by atoms with E-state index in [0.29, 0.717) is 23.7 Å². The van der Waals surface area contributed by atoms with Gasteiger partial charge in [0, 0.05) is 36.3 Å². The van der Waals surface area contributed by atoms with E-state index < -0.39 is 17.7 Å². The summed E-state index contributed by atoms with van der Waals surface area (Å²) in [6, 6.07) is 1.73. The number of nitrogens with one attached hydrogen (secondary N) is 1. The molecule has 0 amide bonds. The quantitative estimate of drug-likeness (QED) is 0.533. The van der Waals surface area contributed by atoms with Crippen molar-refractivity contribution in [2.45, 2.75) is 52.1 Å². The molecule has 2 N–H and O–H groups in total. The van der Waals surface area contributed by atoms with Crippen molar-refractivity contribution in [2.24, 2.45) is 5.92 Å². The average Bonchev–Trinajstić information content (AvgIpc) is 3.35. The molecule has 1 aliphatic rings. The second kappa shape index (κ2) is 8.77. The Morgan fingerprint density at radius 3 is 2.70 bits per heavy atom. The van der Waals surface area contributed by atoms with Crippen molar-refractivity contribution in [2.75, 3.05) is 24.5 Å².